The highest BCUT2D eigenvalue weighted by Crippen LogP contribution is 2.41. The van der Waals surface area contributed by atoms with E-state index < -0.39 is 0 Å². The number of rotatable bonds is 6. The van der Waals surface area contributed by atoms with Gasteiger partial charge in [0.25, 0.3) is 0 Å². The van der Waals surface area contributed by atoms with Gasteiger partial charge in [-0.2, -0.15) is 0 Å². The minimum absolute atomic E-state index is 0.637. The second-order valence-corrected chi connectivity index (χ2v) is 15.2. The lowest BCUT2D eigenvalue weighted by atomic mass is 9.94. The van der Waals surface area contributed by atoms with E-state index in [9.17, 15) is 0 Å². The molecule has 276 valence electrons. The topological polar surface area (TPSA) is 34.2 Å². The highest BCUT2D eigenvalue weighted by atomic mass is 16.3. The molecule has 2 aromatic heterocycles. The van der Waals surface area contributed by atoms with Crippen molar-refractivity contribution >= 4 is 82.3 Å². The maximum Gasteiger partial charge on any atom is 0.227 e. The van der Waals surface area contributed by atoms with E-state index in [1.165, 1.54) is 48.9 Å². The molecule has 0 atom stereocenters. The van der Waals surface area contributed by atoms with Crippen LogP contribution in [-0.2, 0) is 0 Å². The molecule has 0 amide bonds. The highest BCUT2D eigenvalue weighted by Gasteiger charge is 2.18. The number of nitrogens with zero attached hydrogens (tertiary/aromatic N) is 3. The first-order chi connectivity index (χ1) is 29.2. The third kappa shape index (κ3) is 5.42. The molecule has 0 aliphatic heterocycles. The van der Waals surface area contributed by atoms with Crippen molar-refractivity contribution in [2.45, 2.75) is 0 Å². The molecule has 2 heterocycles. The van der Waals surface area contributed by atoms with Crippen LogP contribution in [0.25, 0.3) is 93.5 Å². The van der Waals surface area contributed by atoms with Gasteiger partial charge in [0.1, 0.15) is 5.52 Å². The van der Waals surface area contributed by atoms with Crippen LogP contribution in [0.1, 0.15) is 0 Å². The van der Waals surface area contributed by atoms with Crippen LogP contribution >= 0.6 is 0 Å². The van der Waals surface area contributed by atoms with Crippen LogP contribution in [0.4, 0.5) is 17.1 Å². The van der Waals surface area contributed by atoms with Crippen LogP contribution in [0.3, 0.4) is 0 Å². The fourth-order valence-electron chi connectivity index (χ4n) is 9.01. The van der Waals surface area contributed by atoms with Gasteiger partial charge in [-0.3, -0.25) is 0 Å². The molecule has 4 nitrogen and oxygen atoms in total. The molecule has 0 saturated carbocycles. The van der Waals surface area contributed by atoms with Crippen LogP contribution in [0, 0.1) is 0 Å². The zero-order valence-electron chi connectivity index (χ0n) is 32.0. The molecular weight excluding hydrogens is 719 g/mol. The number of anilines is 3. The molecule has 0 saturated heterocycles. The number of hydrogen-bond acceptors (Lipinski definition) is 3. The van der Waals surface area contributed by atoms with Crippen molar-refractivity contribution in [1.82, 2.24) is 9.55 Å². The third-order valence-electron chi connectivity index (χ3n) is 11.8. The van der Waals surface area contributed by atoms with E-state index >= 15 is 0 Å². The number of benzene rings is 10. The molecule has 0 unspecified atom stereocenters. The van der Waals surface area contributed by atoms with Crippen LogP contribution in [0.15, 0.2) is 217 Å². The Labute approximate surface area is 340 Å². The fraction of sp³-hybridized carbons (Fsp3) is 0. The smallest absolute Gasteiger partial charge is 0.227 e. The molecule has 59 heavy (non-hydrogen) atoms. The van der Waals surface area contributed by atoms with Crippen molar-refractivity contribution in [2.24, 2.45) is 0 Å². The first-order valence-corrected chi connectivity index (χ1v) is 20.0. The third-order valence-corrected chi connectivity index (χ3v) is 11.8. The van der Waals surface area contributed by atoms with Crippen LogP contribution in [0.5, 0.6) is 0 Å². The Bertz CT molecular complexity index is 3480. The largest absolute Gasteiger partial charge is 0.435 e. The van der Waals surface area contributed by atoms with Crippen LogP contribution in [-0.4, -0.2) is 9.55 Å². The van der Waals surface area contributed by atoms with Crippen molar-refractivity contribution in [2.75, 3.05) is 4.90 Å². The maximum atomic E-state index is 6.55. The summed E-state index contributed by atoms with van der Waals surface area (Å²) >= 11 is 0. The molecule has 12 aromatic rings. The van der Waals surface area contributed by atoms with E-state index in [2.05, 4.69) is 191 Å². The van der Waals surface area contributed by atoms with Gasteiger partial charge < -0.3 is 13.9 Å². The van der Waals surface area contributed by atoms with Gasteiger partial charge in [-0.25, -0.2) is 4.98 Å². The van der Waals surface area contributed by atoms with Gasteiger partial charge in [0.2, 0.25) is 5.89 Å². The maximum absolute atomic E-state index is 6.55. The van der Waals surface area contributed by atoms with E-state index in [0.29, 0.717) is 5.89 Å². The summed E-state index contributed by atoms with van der Waals surface area (Å²) < 4.78 is 8.91. The summed E-state index contributed by atoms with van der Waals surface area (Å²) in [5, 5.41) is 9.49. The van der Waals surface area contributed by atoms with E-state index in [1.54, 1.807) is 0 Å². The highest BCUT2D eigenvalue weighted by molar-refractivity contribution is 6.26. The zero-order chi connectivity index (χ0) is 38.9. The molecule has 0 aliphatic carbocycles. The number of fused-ring (bicyclic) bond motifs is 10. The van der Waals surface area contributed by atoms with Crippen molar-refractivity contribution in [3.8, 4) is 28.3 Å². The molecule has 0 bridgehead atoms. The van der Waals surface area contributed by atoms with Gasteiger partial charge >= 0.3 is 0 Å². The Hall–Kier alpha value is -7.95. The Kier molecular flexibility index (Phi) is 7.50. The summed E-state index contributed by atoms with van der Waals surface area (Å²) in [6.07, 6.45) is 0. The summed E-state index contributed by atoms with van der Waals surface area (Å²) in [6, 6.07) is 75.8. The molecule has 12 rings (SSSR count). The number of aromatic nitrogens is 2. The average Bonchev–Trinajstić information content (AvgIpc) is 3.90. The Morgan fingerprint density at radius 2 is 0.932 bits per heavy atom. The molecule has 0 spiro atoms. The molecule has 0 aliphatic rings. The van der Waals surface area contributed by atoms with Gasteiger partial charge in [-0.05, 0) is 118 Å². The van der Waals surface area contributed by atoms with Crippen LogP contribution < -0.4 is 4.90 Å². The SMILES string of the molecule is c1ccc(-c2nc3ccc4ccc5ccc6cc(-c7ccc(N(c8ccccc8)c8ccc(-n9c%10ccccc%10c%10ccccc%109)cc8)cc7)ccc6c5c4c3o2)cc1. The Morgan fingerprint density at radius 1 is 0.390 bits per heavy atom. The minimum atomic E-state index is 0.637. The summed E-state index contributed by atoms with van der Waals surface area (Å²) in [6.45, 7) is 0. The minimum Gasteiger partial charge on any atom is -0.435 e. The predicted molar refractivity (Wildman–Crippen MR) is 246 cm³/mol. The van der Waals surface area contributed by atoms with E-state index in [4.69, 9.17) is 9.40 Å². The lowest BCUT2D eigenvalue weighted by Gasteiger charge is -2.26. The monoisotopic (exact) mass is 753 g/mol. The standard InChI is InChI=1S/C55H35N3O/c1-3-11-39(12-4-1)55-56-49-34-26-38-20-19-37-21-22-41-35-40(25-33-46(41)52(37)53(38)54(49)59-55)36-23-27-43(28-24-36)57(42-13-5-2-6-14-42)44-29-31-45(32-30-44)58-50-17-9-7-15-47(50)48-16-8-10-18-51(48)58/h1-35H. The number of oxazole rings is 1. The first-order valence-electron chi connectivity index (χ1n) is 20.0. The lowest BCUT2D eigenvalue weighted by molar-refractivity contribution is 0.623. The van der Waals surface area contributed by atoms with E-state index in [1.807, 2.05) is 30.3 Å². The average molecular weight is 754 g/mol. The van der Waals surface area contributed by atoms with Crippen molar-refractivity contribution in [3.63, 3.8) is 0 Å². The fourth-order valence-corrected chi connectivity index (χ4v) is 9.01. The summed E-state index contributed by atoms with van der Waals surface area (Å²) in [5.41, 5.74) is 11.8. The molecule has 0 N–H and O–H groups in total. The van der Waals surface area contributed by atoms with Crippen molar-refractivity contribution in [1.29, 1.82) is 0 Å². The van der Waals surface area contributed by atoms with E-state index in [0.717, 1.165) is 55.7 Å². The molecule has 10 aromatic carbocycles. The second-order valence-electron chi connectivity index (χ2n) is 15.2. The number of para-hydroxylation sites is 3. The summed E-state index contributed by atoms with van der Waals surface area (Å²) in [7, 11) is 0. The zero-order valence-corrected chi connectivity index (χ0v) is 32.0. The first kappa shape index (κ1) is 33.2. The van der Waals surface area contributed by atoms with Gasteiger partial charge in [-0.1, -0.05) is 127 Å². The Morgan fingerprint density at radius 3 is 1.63 bits per heavy atom. The van der Waals surface area contributed by atoms with Gasteiger partial charge in [-0.15, -0.1) is 0 Å². The van der Waals surface area contributed by atoms with Gasteiger partial charge in [0.15, 0.2) is 5.58 Å². The summed E-state index contributed by atoms with van der Waals surface area (Å²) in [5.74, 6) is 0.637. The number of hydrogen-bond donors (Lipinski definition) is 0. The normalized spacial score (nSPS) is 11.7. The molecular formula is C55H35N3O. The van der Waals surface area contributed by atoms with Crippen molar-refractivity contribution in [3.05, 3.63) is 212 Å². The van der Waals surface area contributed by atoms with E-state index in [-0.39, 0.29) is 0 Å². The van der Waals surface area contributed by atoms with Crippen molar-refractivity contribution < 1.29 is 4.42 Å². The Balaban J connectivity index is 0.921. The molecule has 0 radical (unpaired) electrons. The van der Waals surface area contributed by atoms with Gasteiger partial charge in [0.05, 0.1) is 11.0 Å². The summed E-state index contributed by atoms with van der Waals surface area (Å²) in [4.78, 5) is 7.22. The van der Waals surface area contributed by atoms with Gasteiger partial charge in [0, 0.05) is 49.9 Å². The molecule has 4 heteroatoms. The molecule has 0 fully saturated rings. The van der Waals surface area contributed by atoms with Crippen LogP contribution in [0.2, 0.25) is 0 Å². The predicted octanol–water partition coefficient (Wildman–Crippen LogP) is 15.2. The second kappa shape index (κ2) is 13.3. The lowest BCUT2D eigenvalue weighted by Crippen LogP contribution is -2.10. The quantitative estimate of drug-likeness (QED) is 0.159.